The summed E-state index contributed by atoms with van der Waals surface area (Å²) < 4.78 is 12.2. The quantitative estimate of drug-likeness (QED) is 0.155. The molecule has 1 fully saturated rings. The Morgan fingerprint density at radius 1 is 1.37 bits per heavy atom. The fourth-order valence-corrected chi connectivity index (χ4v) is 4.44. The smallest absolute Gasteiger partial charge is 0.193 e. The van der Waals surface area contributed by atoms with Crippen molar-refractivity contribution in [3.63, 3.8) is 0 Å². The van der Waals surface area contributed by atoms with Crippen LogP contribution in [0.5, 0.6) is 0 Å². The number of nitrogens with one attached hydrogen (secondary N) is 1. The third kappa shape index (κ3) is 10.3. The van der Waals surface area contributed by atoms with Gasteiger partial charge in [0.1, 0.15) is 4.34 Å². The van der Waals surface area contributed by atoms with Crippen LogP contribution in [0.4, 0.5) is 0 Å². The maximum atomic E-state index is 5.95. The molecule has 9 heteroatoms. The minimum atomic E-state index is 0. The van der Waals surface area contributed by atoms with Crippen LogP contribution in [-0.2, 0) is 9.47 Å². The topological polar surface area (TPSA) is 59.0 Å². The summed E-state index contributed by atoms with van der Waals surface area (Å²) in [4.78, 5) is 11.5. The molecule has 1 aromatic rings. The van der Waals surface area contributed by atoms with E-state index in [1.165, 1.54) is 0 Å². The molecule has 2 rings (SSSR count). The lowest BCUT2D eigenvalue weighted by Crippen LogP contribution is -2.47. The number of aromatic nitrogens is 1. The number of thiazole rings is 1. The van der Waals surface area contributed by atoms with E-state index in [-0.39, 0.29) is 24.0 Å². The first kappa shape index (κ1) is 24.9. The molecule has 6 nitrogen and oxygen atoms in total. The summed E-state index contributed by atoms with van der Waals surface area (Å²) in [5, 5.41) is 5.46. The SMILES string of the molecule is CCNC(=NCCCSc1nccs1)N1CCC(OCCCOC)CC1.I. The lowest BCUT2D eigenvalue weighted by atomic mass is 10.1. The molecule has 2 heterocycles. The number of halogens is 1. The fraction of sp³-hybridized carbons (Fsp3) is 0.778. The molecule has 156 valence electrons. The van der Waals surface area contributed by atoms with Crippen LogP contribution in [0.25, 0.3) is 0 Å². The van der Waals surface area contributed by atoms with Crippen LogP contribution in [0.2, 0.25) is 0 Å². The Bertz CT molecular complexity index is 498. The Balaban J connectivity index is 0.00000364. The minimum absolute atomic E-state index is 0. The van der Waals surface area contributed by atoms with E-state index >= 15 is 0 Å². The summed E-state index contributed by atoms with van der Waals surface area (Å²) in [7, 11) is 1.73. The Labute approximate surface area is 188 Å². The molecule has 0 unspecified atom stereocenters. The fourth-order valence-electron chi connectivity index (χ4n) is 2.80. The van der Waals surface area contributed by atoms with Crippen LogP contribution < -0.4 is 5.32 Å². The van der Waals surface area contributed by atoms with Crippen LogP contribution in [0.3, 0.4) is 0 Å². The molecule has 0 aliphatic carbocycles. The molecule has 0 radical (unpaired) electrons. The summed E-state index contributed by atoms with van der Waals surface area (Å²) in [6, 6.07) is 0. The predicted octanol–water partition coefficient (Wildman–Crippen LogP) is 3.73. The van der Waals surface area contributed by atoms with Gasteiger partial charge in [-0.2, -0.15) is 0 Å². The van der Waals surface area contributed by atoms with Gasteiger partial charge in [-0.25, -0.2) is 4.98 Å². The van der Waals surface area contributed by atoms with Gasteiger partial charge in [-0.15, -0.1) is 35.3 Å². The van der Waals surface area contributed by atoms with Gasteiger partial charge in [-0.05, 0) is 32.6 Å². The zero-order chi connectivity index (χ0) is 18.5. The number of hydrogen-bond donors (Lipinski definition) is 1. The summed E-state index contributed by atoms with van der Waals surface area (Å²) in [6.45, 7) is 7.47. The van der Waals surface area contributed by atoms with Crippen LogP contribution >= 0.6 is 47.1 Å². The van der Waals surface area contributed by atoms with Crippen LogP contribution in [0.15, 0.2) is 20.9 Å². The van der Waals surface area contributed by atoms with E-state index in [0.29, 0.717) is 6.10 Å². The van der Waals surface area contributed by atoms with Gasteiger partial charge in [0, 0.05) is 63.8 Å². The molecule has 1 aromatic heterocycles. The van der Waals surface area contributed by atoms with E-state index in [9.17, 15) is 0 Å². The highest BCUT2D eigenvalue weighted by atomic mass is 127. The maximum Gasteiger partial charge on any atom is 0.193 e. The molecule has 0 amide bonds. The van der Waals surface area contributed by atoms with E-state index < -0.39 is 0 Å². The molecule has 0 spiro atoms. The summed E-state index contributed by atoms with van der Waals surface area (Å²) in [5.41, 5.74) is 0. The van der Waals surface area contributed by atoms with Gasteiger partial charge in [0.25, 0.3) is 0 Å². The van der Waals surface area contributed by atoms with Gasteiger partial charge in [0.2, 0.25) is 0 Å². The number of nitrogens with zero attached hydrogens (tertiary/aromatic N) is 3. The van der Waals surface area contributed by atoms with Crippen molar-refractivity contribution >= 4 is 53.0 Å². The average Bonchev–Trinajstić information content (AvgIpc) is 3.18. The van der Waals surface area contributed by atoms with Gasteiger partial charge in [0.15, 0.2) is 5.96 Å². The van der Waals surface area contributed by atoms with E-state index in [1.54, 1.807) is 18.4 Å². The number of hydrogen-bond acceptors (Lipinski definition) is 6. The molecular formula is C18H33IN4O2S2. The molecule has 1 aliphatic heterocycles. The van der Waals surface area contributed by atoms with Crippen LogP contribution in [0, 0.1) is 0 Å². The number of ether oxygens (including phenoxy) is 2. The number of guanidine groups is 1. The second-order valence-corrected chi connectivity index (χ2v) is 8.38. The Morgan fingerprint density at radius 2 is 2.19 bits per heavy atom. The standard InChI is InChI=1S/C18H32N4O2S2.HI/c1-3-19-17(20-8-4-14-25-18-21-9-15-26-18)22-10-6-16(7-11-22)24-13-5-12-23-2;/h9,15-16H,3-8,10-14H2,1-2H3,(H,19,20);1H. The summed E-state index contributed by atoms with van der Waals surface area (Å²) in [6.07, 6.45) is 6.41. The van der Waals surface area contributed by atoms with Crippen molar-refractivity contribution in [2.45, 2.75) is 43.1 Å². The van der Waals surface area contributed by atoms with Crippen molar-refractivity contribution in [2.75, 3.05) is 52.3 Å². The largest absolute Gasteiger partial charge is 0.385 e. The number of aliphatic imine (C=N–C) groups is 1. The highest BCUT2D eigenvalue weighted by molar-refractivity contribution is 14.0. The summed E-state index contributed by atoms with van der Waals surface area (Å²) in [5.74, 6) is 2.11. The van der Waals surface area contributed by atoms with Gasteiger partial charge in [0.05, 0.1) is 6.10 Å². The monoisotopic (exact) mass is 528 g/mol. The van der Waals surface area contributed by atoms with Crippen molar-refractivity contribution < 1.29 is 9.47 Å². The molecule has 0 aromatic carbocycles. The third-order valence-electron chi connectivity index (χ3n) is 4.12. The first-order valence-electron chi connectivity index (χ1n) is 9.49. The Kier molecular flexibility index (Phi) is 14.6. The molecule has 0 atom stereocenters. The van der Waals surface area contributed by atoms with E-state index in [0.717, 1.165) is 81.1 Å². The van der Waals surface area contributed by atoms with E-state index in [4.69, 9.17) is 14.5 Å². The molecule has 27 heavy (non-hydrogen) atoms. The average molecular weight is 529 g/mol. The van der Waals surface area contributed by atoms with Gasteiger partial charge in [-0.3, -0.25) is 4.99 Å². The molecule has 0 bridgehead atoms. The van der Waals surface area contributed by atoms with E-state index in [1.807, 2.05) is 23.3 Å². The van der Waals surface area contributed by atoms with Crippen molar-refractivity contribution in [2.24, 2.45) is 4.99 Å². The second-order valence-electron chi connectivity index (χ2n) is 6.14. The highest BCUT2D eigenvalue weighted by Crippen LogP contribution is 2.20. The molecule has 0 saturated carbocycles. The zero-order valence-corrected chi connectivity index (χ0v) is 20.4. The number of rotatable bonds is 11. The first-order valence-corrected chi connectivity index (χ1v) is 11.4. The number of methoxy groups -OCH3 is 1. The third-order valence-corrected chi connectivity index (χ3v) is 6.17. The van der Waals surface area contributed by atoms with Crippen LogP contribution in [0.1, 0.15) is 32.6 Å². The number of likely N-dealkylation sites (tertiary alicyclic amines) is 1. The minimum Gasteiger partial charge on any atom is -0.385 e. The van der Waals surface area contributed by atoms with E-state index in [2.05, 4.69) is 22.1 Å². The van der Waals surface area contributed by atoms with Gasteiger partial charge in [-0.1, -0.05) is 11.8 Å². The lowest BCUT2D eigenvalue weighted by molar-refractivity contribution is 0.00991. The maximum absolute atomic E-state index is 5.95. The predicted molar refractivity (Wildman–Crippen MR) is 126 cm³/mol. The van der Waals surface area contributed by atoms with Crippen molar-refractivity contribution in [3.05, 3.63) is 11.6 Å². The van der Waals surface area contributed by atoms with Gasteiger partial charge < -0.3 is 19.7 Å². The molecule has 1 N–H and O–H groups in total. The second kappa shape index (κ2) is 15.8. The molecular weight excluding hydrogens is 495 g/mol. The van der Waals surface area contributed by atoms with Crippen molar-refractivity contribution in [1.29, 1.82) is 0 Å². The molecule has 1 aliphatic rings. The summed E-state index contributed by atoms with van der Waals surface area (Å²) >= 11 is 3.52. The lowest BCUT2D eigenvalue weighted by Gasteiger charge is -2.34. The number of thioether (sulfide) groups is 1. The Hall–Kier alpha value is -0.100. The highest BCUT2D eigenvalue weighted by Gasteiger charge is 2.21. The zero-order valence-electron chi connectivity index (χ0n) is 16.4. The number of piperidine rings is 1. The van der Waals surface area contributed by atoms with Gasteiger partial charge >= 0.3 is 0 Å². The van der Waals surface area contributed by atoms with Crippen LogP contribution in [-0.4, -0.2) is 74.2 Å². The van der Waals surface area contributed by atoms with Crippen molar-refractivity contribution in [3.8, 4) is 0 Å². The normalized spacial score (nSPS) is 15.6. The van der Waals surface area contributed by atoms with Crippen molar-refractivity contribution in [1.82, 2.24) is 15.2 Å². The molecule has 1 saturated heterocycles. The Morgan fingerprint density at radius 3 is 2.85 bits per heavy atom. The first-order chi connectivity index (χ1) is 12.8.